The van der Waals surface area contributed by atoms with Crippen molar-refractivity contribution < 1.29 is 14.6 Å². The van der Waals surface area contributed by atoms with E-state index in [4.69, 9.17) is 4.74 Å². The number of ether oxygens (including phenoxy) is 1. The van der Waals surface area contributed by atoms with Crippen LogP contribution in [0.5, 0.6) is 5.75 Å². The van der Waals surface area contributed by atoms with Crippen molar-refractivity contribution in [2.45, 2.75) is 19.4 Å². The maximum Gasteiger partial charge on any atom is 0.339 e. The van der Waals surface area contributed by atoms with E-state index in [0.29, 0.717) is 12.4 Å². The van der Waals surface area contributed by atoms with Crippen molar-refractivity contribution in [2.75, 3.05) is 18.1 Å². The summed E-state index contributed by atoms with van der Waals surface area (Å²) in [6, 6.07) is 9.77. The summed E-state index contributed by atoms with van der Waals surface area (Å²) in [6.07, 6.45) is 0.969. The van der Waals surface area contributed by atoms with Gasteiger partial charge >= 0.3 is 5.97 Å². The van der Waals surface area contributed by atoms with E-state index in [-0.39, 0.29) is 11.6 Å². The summed E-state index contributed by atoms with van der Waals surface area (Å²) in [4.78, 5) is 14.9. The fourth-order valence-electron chi connectivity index (χ4n) is 2.82. The molecule has 110 valence electrons. The molecule has 0 fully saturated rings. The lowest BCUT2D eigenvalue weighted by atomic mass is 10.1. The van der Waals surface area contributed by atoms with Crippen LogP contribution in [-0.4, -0.2) is 24.2 Å². The highest BCUT2D eigenvalue weighted by Crippen LogP contribution is 2.41. The summed E-state index contributed by atoms with van der Waals surface area (Å²) in [7, 11) is 0. The van der Waals surface area contributed by atoms with E-state index in [1.54, 1.807) is 23.5 Å². The second-order valence-corrected chi connectivity index (χ2v) is 5.92. The number of aromatic carboxylic acids is 1. The van der Waals surface area contributed by atoms with E-state index < -0.39 is 5.97 Å². The number of benzene rings is 1. The van der Waals surface area contributed by atoms with Crippen molar-refractivity contribution >= 4 is 23.0 Å². The van der Waals surface area contributed by atoms with Crippen LogP contribution in [0, 0.1) is 0 Å². The molecule has 0 aliphatic carbocycles. The lowest BCUT2D eigenvalue weighted by Crippen LogP contribution is -2.36. The molecule has 1 N–H and O–H groups in total. The molecule has 4 nitrogen and oxygen atoms in total. The van der Waals surface area contributed by atoms with Gasteiger partial charge in [0.05, 0.1) is 18.3 Å². The van der Waals surface area contributed by atoms with Gasteiger partial charge in [-0.25, -0.2) is 4.79 Å². The maximum atomic E-state index is 11.4. The fraction of sp³-hybridized carbons (Fsp3) is 0.312. The Hall–Kier alpha value is -2.01. The topological polar surface area (TPSA) is 49.8 Å². The molecule has 3 rings (SSSR count). The first-order chi connectivity index (χ1) is 10.2. The molecule has 1 aliphatic rings. The Morgan fingerprint density at radius 1 is 1.43 bits per heavy atom. The highest BCUT2D eigenvalue weighted by Gasteiger charge is 2.28. The summed E-state index contributed by atoms with van der Waals surface area (Å²) in [6.45, 7) is 3.44. The molecule has 0 radical (unpaired) electrons. The normalized spacial score (nSPS) is 15.2. The summed E-state index contributed by atoms with van der Waals surface area (Å²) >= 11 is 1.74. The minimum atomic E-state index is -0.946. The number of anilines is 1. The third kappa shape index (κ3) is 2.49. The molecule has 0 amide bonds. The van der Waals surface area contributed by atoms with Crippen LogP contribution < -0.4 is 9.64 Å². The Kier molecular flexibility index (Phi) is 3.84. The number of hydrogen-bond donors (Lipinski definition) is 1. The number of thiophene rings is 1. The predicted molar refractivity (Wildman–Crippen MR) is 83.6 cm³/mol. The molecule has 1 atom stereocenters. The quantitative estimate of drug-likeness (QED) is 0.933. The largest absolute Gasteiger partial charge is 0.489 e. The average molecular weight is 303 g/mol. The molecule has 0 saturated heterocycles. The third-order valence-electron chi connectivity index (χ3n) is 3.75. The van der Waals surface area contributed by atoms with Gasteiger partial charge in [0.2, 0.25) is 0 Å². The summed E-state index contributed by atoms with van der Waals surface area (Å²) in [5.74, 6) is -0.455. The van der Waals surface area contributed by atoms with Crippen LogP contribution >= 0.6 is 11.3 Å². The van der Waals surface area contributed by atoms with Crippen molar-refractivity contribution in [1.82, 2.24) is 0 Å². The van der Waals surface area contributed by atoms with Crippen molar-refractivity contribution in [3.05, 3.63) is 46.2 Å². The SMILES string of the molecule is CCC(c1cccs1)N1CCOc2c(C(=O)O)cccc21. The van der Waals surface area contributed by atoms with Crippen LogP contribution in [0.25, 0.3) is 0 Å². The number of nitrogens with zero attached hydrogens (tertiary/aromatic N) is 1. The van der Waals surface area contributed by atoms with E-state index in [1.807, 2.05) is 6.07 Å². The van der Waals surface area contributed by atoms with E-state index in [9.17, 15) is 9.90 Å². The van der Waals surface area contributed by atoms with Crippen LogP contribution in [0.1, 0.15) is 34.6 Å². The van der Waals surface area contributed by atoms with Crippen LogP contribution in [-0.2, 0) is 0 Å². The summed E-state index contributed by atoms with van der Waals surface area (Å²) in [5, 5.41) is 11.4. The molecule has 0 bridgehead atoms. The minimum Gasteiger partial charge on any atom is -0.489 e. The minimum absolute atomic E-state index is 0.234. The lowest BCUT2D eigenvalue weighted by Gasteiger charge is -2.37. The molecule has 1 aromatic carbocycles. The Balaban J connectivity index is 2.04. The van der Waals surface area contributed by atoms with Gasteiger partial charge in [-0.15, -0.1) is 11.3 Å². The lowest BCUT2D eigenvalue weighted by molar-refractivity contribution is 0.0692. The monoisotopic (exact) mass is 303 g/mol. The van der Waals surface area contributed by atoms with Gasteiger partial charge in [-0.2, -0.15) is 0 Å². The number of carbonyl (C=O) groups is 1. The number of carboxylic acid groups (broad SMARTS) is 1. The van der Waals surface area contributed by atoms with E-state index in [0.717, 1.165) is 18.7 Å². The van der Waals surface area contributed by atoms with Gasteiger partial charge < -0.3 is 14.7 Å². The first-order valence-corrected chi connectivity index (χ1v) is 7.89. The molecule has 1 unspecified atom stereocenters. The highest BCUT2D eigenvalue weighted by molar-refractivity contribution is 7.10. The average Bonchev–Trinajstić information content (AvgIpc) is 3.01. The zero-order valence-electron chi connectivity index (χ0n) is 11.8. The third-order valence-corrected chi connectivity index (χ3v) is 4.72. The van der Waals surface area contributed by atoms with Gasteiger partial charge in [-0.3, -0.25) is 0 Å². The highest BCUT2D eigenvalue weighted by atomic mass is 32.1. The molecular formula is C16H17NO3S. The Morgan fingerprint density at radius 3 is 2.95 bits per heavy atom. The van der Waals surface area contributed by atoms with E-state index >= 15 is 0 Å². The first kappa shape index (κ1) is 13.9. The molecule has 2 heterocycles. The molecule has 0 spiro atoms. The van der Waals surface area contributed by atoms with Crippen molar-refractivity contribution in [3.8, 4) is 5.75 Å². The van der Waals surface area contributed by atoms with Gasteiger partial charge in [0.25, 0.3) is 0 Å². The molecule has 1 aromatic heterocycles. The fourth-order valence-corrected chi connectivity index (χ4v) is 3.74. The van der Waals surface area contributed by atoms with E-state index in [2.05, 4.69) is 29.3 Å². The van der Waals surface area contributed by atoms with Crippen molar-refractivity contribution in [2.24, 2.45) is 0 Å². The van der Waals surface area contributed by atoms with Gasteiger partial charge in [0, 0.05) is 4.88 Å². The Morgan fingerprint density at radius 2 is 2.29 bits per heavy atom. The zero-order valence-corrected chi connectivity index (χ0v) is 12.6. The molecule has 2 aromatic rings. The Bertz CT molecular complexity index is 639. The van der Waals surface area contributed by atoms with Crippen molar-refractivity contribution in [1.29, 1.82) is 0 Å². The molecule has 0 saturated carbocycles. The molecular weight excluding hydrogens is 286 g/mol. The number of fused-ring (bicyclic) bond motifs is 1. The smallest absolute Gasteiger partial charge is 0.339 e. The summed E-state index contributed by atoms with van der Waals surface area (Å²) < 4.78 is 5.64. The number of para-hydroxylation sites is 1. The van der Waals surface area contributed by atoms with E-state index in [1.165, 1.54) is 4.88 Å². The van der Waals surface area contributed by atoms with Gasteiger partial charge in [-0.1, -0.05) is 19.1 Å². The predicted octanol–water partition coefficient (Wildman–Crippen LogP) is 3.80. The standard InChI is InChI=1S/C16H17NO3S/c1-2-12(14-7-4-10-21-14)17-8-9-20-15-11(16(18)19)5-3-6-13(15)17/h3-7,10,12H,2,8-9H2,1H3,(H,18,19). The molecule has 1 aliphatic heterocycles. The molecule has 5 heteroatoms. The second-order valence-electron chi connectivity index (χ2n) is 4.94. The van der Waals surface area contributed by atoms with Crippen LogP contribution in [0.3, 0.4) is 0 Å². The zero-order chi connectivity index (χ0) is 14.8. The van der Waals surface area contributed by atoms with Crippen molar-refractivity contribution in [3.63, 3.8) is 0 Å². The Labute approximate surface area is 127 Å². The maximum absolute atomic E-state index is 11.4. The van der Waals surface area contributed by atoms with Crippen LogP contribution in [0.4, 0.5) is 5.69 Å². The van der Waals surface area contributed by atoms with Crippen LogP contribution in [0.2, 0.25) is 0 Å². The number of rotatable bonds is 4. The van der Waals surface area contributed by atoms with Gasteiger partial charge in [0.15, 0.2) is 5.75 Å². The second kappa shape index (κ2) is 5.77. The number of carboxylic acids is 1. The van der Waals surface area contributed by atoms with Gasteiger partial charge in [0.1, 0.15) is 12.2 Å². The first-order valence-electron chi connectivity index (χ1n) is 7.01. The summed E-state index contributed by atoms with van der Waals surface area (Å²) in [5.41, 5.74) is 1.11. The van der Waals surface area contributed by atoms with Gasteiger partial charge in [-0.05, 0) is 30.0 Å². The van der Waals surface area contributed by atoms with Crippen LogP contribution in [0.15, 0.2) is 35.7 Å². The molecule has 21 heavy (non-hydrogen) atoms. The number of hydrogen-bond acceptors (Lipinski definition) is 4.